The van der Waals surface area contributed by atoms with Crippen molar-refractivity contribution >= 4 is 5.69 Å². The van der Waals surface area contributed by atoms with Crippen LogP contribution in [0.2, 0.25) is 0 Å². The first-order valence-electron chi connectivity index (χ1n) is 6.74. The zero-order chi connectivity index (χ0) is 13.1. The van der Waals surface area contributed by atoms with Gasteiger partial charge in [0.2, 0.25) is 0 Å². The predicted octanol–water partition coefficient (Wildman–Crippen LogP) is 2.27. The van der Waals surface area contributed by atoms with Crippen molar-refractivity contribution in [2.24, 2.45) is 0 Å². The van der Waals surface area contributed by atoms with Gasteiger partial charge in [-0.3, -0.25) is 4.98 Å². The largest absolute Gasteiger partial charge is 0.368 e. The third kappa shape index (κ3) is 2.47. The molecule has 1 N–H and O–H groups in total. The lowest BCUT2D eigenvalue weighted by molar-refractivity contribution is 0.588. The standard InChI is InChI=1S/C16H18N3/c1-13-15(14-5-3-2-4-6-14)11-18-12-16(13)19-9-7-17-8-10-19/h2-6,12,17H,7-10H2,1H3. The summed E-state index contributed by atoms with van der Waals surface area (Å²) < 4.78 is 0. The highest BCUT2D eigenvalue weighted by atomic mass is 15.2. The molecule has 1 aromatic heterocycles. The summed E-state index contributed by atoms with van der Waals surface area (Å²) in [4.78, 5) is 6.71. The Kier molecular flexibility index (Phi) is 3.47. The van der Waals surface area contributed by atoms with Crippen molar-refractivity contribution in [2.75, 3.05) is 31.1 Å². The number of benzene rings is 1. The van der Waals surface area contributed by atoms with Crippen LogP contribution in [0.4, 0.5) is 5.69 Å². The normalized spacial score (nSPS) is 15.5. The van der Waals surface area contributed by atoms with E-state index in [1.807, 2.05) is 12.3 Å². The number of nitrogens with zero attached hydrogens (tertiary/aromatic N) is 2. The summed E-state index contributed by atoms with van der Waals surface area (Å²) >= 11 is 0. The minimum atomic E-state index is 1.04. The molecule has 1 fully saturated rings. The van der Waals surface area contributed by atoms with Gasteiger partial charge in [0.15, 0.2) is 0 Å². The van der Waals surface area contributed by atoms with Crippen molar-refractivity contribution in [1.82, 2.24) is 10.3 Å². The molecule has 0 aliphatic carbocycles. The first-order chi connectivity index (χ1) is 9.36. The number of aromatic nitrogens is 1. The summed E-state index contributed by atoms with van der Waals surface area (Å²) in [6, 6.07) is 10.4. The summed E-state index contributed by atoms with van der Waals surface area (Å²) in [7, 11) is 0. The zero-order valence-electron chi connectivity index (χ0n) is 11.2. The molecule has 0 saturated carbocycles. The molecule has 3 nitrogen and oxygen atoms in total. The maximum absolute atomic E-state index is 4.31. The maximum Gasteiger partial charge on any atom is 0.0975 e. The molecule has 3 heteroatoms. The molecule has 1 aliphatic heterocycles. The minimum Gasteiger partial charge on any atom is -0.368 e. The van der Waals surface area contributed by atoms with E-state index in [1.165, 1.54) is 16.8 Å². The van der Waals surface area contributed by atoms with Crippen molar-refractivity contribution in [2.45, 2.75) is 6.92 Å². The van der Waals surface area contributed by atoms with Crippen LogP contribution in [-0.2, 0) is 0 Å². The average Bonchev–Trinajstić information content (AvgIpc) is 2.49. The van der Waals surface area contributed by atoms with E-state index in [9.17, 15) is 0 Å². The van der Waals surface area contributed by atoms with Crippen LogP contribution in [0.5, 0.6) is 0 Å². The zero-order valence-corrected chi connectivity index (χ0v) is 11.2. The fourth-order valence-electron chi connectivity index (χ4n) is 2.58. The first-order valence-corrected chi connectivity index (χ1v) is 6.74. The quantitative estimate of drug-likeness (QED) is 0.888. The van der Waals surface area contributed by atoms with Crippen LogP contribution in [0.1, 0.15) is 5.56 Å². The van der Waals surface area contributed by atoms with E-state index in [-0.39, 0.29) is 0 Å². The number of nitrogens with one attached hydrogen (secondary N) is 1. The van der Waals surface area contributed by atoms with E-state index in [1.54, 1.807) is 0 Å². The van der Waals surface area contributed by atoms with Crippen LogP contribution >= 0.6 is 0 Å². The number of anilines is 1. The molecule has 0 amide bonds. The molecule has 3 rings (SSSR count). The molecule has 0 unspecified atom stereocenters. The number of piperazine rings is 1. The molecular formula is C16H18N3. The van der Waals surface area contributed by atoms with Crippen molar-refractivity contribution in [3.63, 3.8) is 0 Å². The van der Waals surface area contributed by atoms with Gasteiger partial charge in [-0.25, -0.2) is 0 Å². The molecule has 1 radical (unpaired) electrons. The van der Waals surface area contributed by atoms with Gasteiger partial charge in [-0.15, -0.1) is 0 Å². The Morgan fingerprint density at radius 1 is 1.16 bits per heavy atom. The molecule has 97 valence electrons. The molecule has 1 saturated heterocycles. The SMILES string of the molecule is Cc1c(-c2ccccc2)[c]ncc1N1CCNCC1. The van der Waals surface area contributed by atoms with E-state index in [0.717, 1.165) is 31.7 Å². The van der Waals surface area contributed by atoms with Crippen LogP contribution in [-0.4, -0.2) is 31.2 Å². The van der Waals surface area contributed by atoms with E-state index < -0.39 is 0 Å². The van der Waals surface area contributed by atoms with Crippen LogP contribution in [0.25, 0.3) is 11.1 Å². The van der Waals surface area contributed by atoms with Gasteiger partial charge in [0.25, 0.3) is 0 Å². The average molecular weight is 252 g/mol. The summed E-state index contributed by atoms with van der Waals surface area (Å²) in [5, 5.41) is 3.38. The molecule has 19 heavy (non-hydrogen) atoms. The van der Waals surface area contributed by atoms with Gasteiger partial charge in [-0.1, -0.05) is 30.3 Å². The van der Waals surface area contributed by atoms with E-state index >= 15 is 0 Å². The molecule has 0 spiro atoms. The van der Waals surface area contributed by atoms with Gasteiger partial charge in [-0.2, -0.15) is 0 Å². The Bertz CT molecular complexity index is 545. The summed E-state index contributed by atoms with van der Waals surface area (Å²) in [6.07, 6.45) is 5.08. The van der Waals surface area contributed by atoms with Gasteiger partial charge < -0.3 is 10.2 Å². The smallest absolute Gasteiger partial charge is 0.0975 e. The number of hydrogen-bond acceptors (Lipinski definition) is 3. The van der Waals surface area contributed by atoms with Crippen LogP contribution in [0.3, 0.4) is 0 Å². The third-order valence-corrected chi connectivity index (χ3v) is 3.64. The summed E-state index contributed by atoms with van der Waals surface area (Å²) in [5.74, 6) is 0. The lowest BCUT2D eigenvalue weighted by Crippen LogP contribution is -2.43. The highest BCUT2D eigenvalue weighted by molar-refractivity contribution is 5.72. The van der Waals surface area contributed by atoms with Crippen LogP contribution in [0.15, 0.2) is 36.5 Å². The molecule has 0 atom stereocenters. The molecule has 2 heterocycles. The van der Waals surface area contributed by atoms with Crippen molar-refractivity contribution < 1.29 is 0 Å². The molecule has 0 bridgehead atoms. The summed E-state index contributed by atoms with van der Waals surface area (Å²) in [5.41, 5.74) is 4.79. The summed E-state index contributed by atoms with van der Waals surface area (Å²) in [6.45, 7) is 6.33. The lowest BCUT2D eigenvalue weighted by Gasteiger charge is -2.30. The molecule has 2 aromatic rings. The van der Waals surface area contributed by atoms with Crippen LogP contribution < -0.4 is 10.2 Å². The number of rotatable bonds is 2. The maximum atomic E-state index is 4.31. The van der Waals surface area contributed by atoms with E-state index in [2.05, 4.69) is 52.6 Å². The van der Waals surface area contributed by atoms with E-state index in [4.69, 9.17) is 0 Å². The fraction of sp³-hybridized carbons (Fsp3) is 0.312. The monoisotopic (exact) mass is 252 g/mol. The lowest BCUT2D eigenvalue weighted by atomic mass is 10.0. The van der Waals surface area contributed by atoms with Crippen molar-refractivity contribution in [3.05, 3.63) is 48.3 Å². The first kappa shape index (κ1) is 12.2. The Morgan fingerprint density at radius 3 is 2.63 bits per heavy atom. The Balaban J connectivity index is 1.99. The number of hydrogen-bond donors (Lipinski definition) is 1. The highest BCUT2D eigenvalue weighted by Gasteiger charge is 2.15. The molecule has 1 aromatic carbocycles. The number of pyridine rings is 1. The van der Waals surface area contributed by atoms with Gasteiger partial charge >= 0.3 is 0 Å². The molecular weight excluding hydrogens is 234 g/mol. The van der Waals surface area contributed by atoms with Gasteiger partial charge in [0.05, 0.1) is 18.1 Å². The second-order valence-corrected chi connectivity index (χ2v) is 4.86. The van der Waals surface area contributed by atoms with E-state index in [0.29, 0.717) is 0 Å². The molecule has 1 aliphatic rings. The second-order valence-electron chi connectivity index (χ2n) is 4.86. The minimum absolute atomic E-state index is 1.04. The van der Waals surface area contributed by atoms with Crippen LogP contribution in [0, 0.1) is 13.1 Å². The van der Waals surface area contributed by atoms with Gasteiger partial charge in [0.1, 0.15) is 0 Å². The van der Waals surface area contributed by atoms with Crippen molar-refractivity contribution in [3.8, 4) is 11.1 Å². The van der Waals surface area contributed by atoms with Gasteiger partial charge in [0, 0.05) is 31.7 Å². The van der Waals surface area contributed by atoms with Gasteiger partial charge in [-0.05, 0) is 18.1 Å². The Hall–Kier alpha value is -1.87. The Morgan fingerprint density at radius 2 is 1.89 bits per heavy atom. The van der Waals surface area contributed by atoms with Crippen molar-refractivity contribution in [1.29, 1.82) is 0 Å². The highest BCUT2D eigenvalue weighted by Crippen LogP contribution is 2.29. The fourth-order valence-corrected chi connectivity index (χ4v) is 2.58. The third-order valence-electron chi connectivity index (χ3n) is 3.64. The topological polar surface area (TPSA) is 28.2 Å². The second kappa shape index (κ2) is 5.41. The predicted molar refractivity (Wildman–Crippen MR) is 78.3 cm³/mol. The Labute approximate surface area is 114 Å².